The third kappa shape index (κ3) is 5.12. The van der Waals surface area contributed by atoms with Crippen LogP contribution in [0.5, 0.6) is 0 Å². The van der Waals surface area contributed by atoms with Gasteiger partial charge >= 0.3 is 0 Å². The van der Waals surface area contributed by atoms with Crippen LogP contribution in [-0.2, 0) is 6.42 Å². The van der Waals surface area contributed by atoms with Gasteiger partial charge in [0, 0.05) is 11.3 Å². The average molecular weight is 416 g/mol. The molecule has 0 aliphatic rings. The molecular formula is C23H20Cl2FNO. The first kappa shape index (κ1) is 20.4. The Bertz CT molecular complexity index is 973. The lowest BCUT2D eigenvalue weighted by Crippen LogP contribution is -2.12. The molecule has 0 fully saturated rings. The van der Waals surface area contributed by atoms with Crippen LogP contribution in [0.4, 0.5) is 10.1 Å². The molecule has 0 saturated heterocycles. The zero-order valence-electron chi connectivity index (χ0n) is 15.4. The van der Waals surface area contributed by atoms with Gasteiger partial charge in [0.25, 0.3) is 5.91 Å². The van der Waals surface area contributed by atoms with E-state index in [1.165, 1.54) is 0 Å². The van der Waals surface area contributed by atoms with Crippen LogP contribution < -0.4 is 5.32 Å². The van der Waals surface area contributed by atoms with Crippen molar-refractivity contribution >= 4 is 34.8 Å². The Morgan fingerprint density at radius 2 is 1.71 bits per heavy atom. The number of benzene rings is 3. The van der Waals surface area contributed by atoms with E-state index in [-0.39, 0.29) is 5.91 Å². The lowest BCUT2D eigenvalue weighted by atomic mass is 10.0. The van der Waals surface area contributed by atoms with Gasteiger partial charge < -0.3 is 5.32 Å². The molecule has 0 aliphatic carbocycles. The summed E-state index contributed by atoms with van der Waals surface area (Å²) in [6.07, 6.45) is -0.243. The number of alkyl halides is 1. The van der Waals surface area contributed by atoms with E-state index in [0.717, 1.165) is 16.8 Å². The van der Waals surface area contributed by atoms with Crippen molar-refractivity contribution in [1.29, 1.82) is 0 Å². The molecule has 144 valence electrons. The maximum Gasteiger partial charge on any atom is 0.255 e. The molecule has 3 aromatic rings. The largest absolute Gasteiger partial charge is 0.322 e. The molecular weight excluding hydrogens is 396 g/mol. The fourth-order valence-electron chi connectivity index (χ4n) is 2.90. The van der Waals surface area contributed by atoms with Crippen molar-refractivity contribution in [3.8, 4) is 0 Å². The van der Waals surface area contributed by atoms with Gasteiger partial charge in [0.05, 0.1) is 10.0 Å². The minimum atomic E-state index is -1.13. The van der Waals surface area contributed by atoms with Crippen LogP contribution in [0.1, 0.15) is 39.6 Å². The maximum absolute atomic E-state index is 14.5. The predicted molar refractivity (Wildman–Crippen MR) is 114 cm³/mol. The SMILES string of the molecule is Cc1ccccc1NC(=O)c1ccc(CCC(F)c2ccc(Cl)c(Cl)c2)cc1. The quantitative estimate of drug-likeness (QED) is 0.452. The molecule has 3 aromatic carbocycles. The molecule has 0 bridgehead atoms. The summed E-state index contributed by atoms with van der Waals surface area (Å²) in [7, 11) is 0. The third-order valence-electron chi connectivity index (χ3n) is 4.60. The smallest absolute Gasteiger partial charge is 0.255 e. The molecule has 0 spiro atoms. The normalized spacial score (nSPS) is 11.9. The van der Waals surface area contributed by atoms with Crippen molar-refractivity contribution in [2.24, 2.45) is 0 Å². The summed E-state index contributed by atoms with van der Waals surface area (Å²) in [6, 6.07) is 19.7. The highest BCUT2D eigenvalue weighted by molar-refractivity contribution is 6.42. The average Bonchev–Trinajstić information content (AvgIpc) is 2.70. The number of carbonyl (C=O) groups excluding carboxylic acids is 1. The first-order valence-electron chi connectivity index (χ1n) is 8.99. The molecule has 1 atom stereocenters. The Hall–Kier alpha value is -2.36. The molecule has 3 rings (SSSR count). The maximum atomic E-state index is 14.5. The molecule has 0 aliphatic heterocycles. The number of para-hydroxylation sites is 1. The fraction of sp³-hybridized carbons (Fsp3) is 0.174. The van der Waals surface area contributed by atoms with E-state index in [2.05, 4.69) is 5.32 Å². The minimum absolute atomic E-state index is 0.167. The summed E-state index contributed by atoms with van der Waals surface area (Å²) in [4.78, 5) is 12.4. The lowest BCUT2D eigenvalue weighted by molar-refractivity contribution is 0.102. The second-order valence-electron chi connectivity index (χ2n) is 6.65. The number of rotatable bonds is 6. The molecule has 1 N–H and O–H groups in total. The van der Waals surface area contributed by atoms with Crippen molar-refractivity contribution in [3.05, 3.63) is 99.0 Å². The topological polar surface area (TPSA) is 29.1 Å². The summed E-state index contributed by atoms with van der Waals surface area (Å²) in [5.41, 5.74) is 3.84. The summed E-state index contributed by atoms with van der Waals surface area (Å²) in [6.45, 7) is 1.94. The second kappa shape index (κ2) is 9.22. The van der Waals surface area contributed by atoms with E-state index in [0.29, 0.717) is 34.0 Å². The summed E-state index contributed by atoms with van der Waals surface area (Å²) >= 11 is 11.8. The Labute approximate surface area is 174 Å². The number of hydrogen-bond donors (Lipinski definition) is 1. The van der Waals surface area contributed by atoms with Crippen LogP contribution in [0.3, 0.4) is 0 Å². The van der Waals surface area contributed by atoms with Gasteiger partial charge in [-0.05, 0) is 66.8 Å². The zero-order valence-corrected chi connectivity index (χ0v) is 16.9. The number of hydrogen-bond acceptors (Lipinski definition) is 1. The van der Waals surface area contributed by atoms with Gasteiger partial charge in [-0.1, -0.05) is 59.6 Å². The van der Waals surface area contributed by atoms with Crippen molar-refractivity contribution in [2.75, 3.05) is 5.32 Å². The Balaban J connectivity index is 1.58. The van der Waals surface area contributed by atoms with Crippen LogP contribution in [-0.4, -0.2) is 5.91 Å². The van der Waals surface area contributed by atoms with E-state index in [9.17, 15) is 9.18 Å². The molecule has 5 heteroatoms. The van der Waals surface area contributed by atoms with E-state index in [1.807, 2.05) is 43.3 Å². The van der Waals surface area contributed by atoms with Crippen molar-refractivity contribution < 1.29 is 9.18 Å². The Morgan fingerprint density at radius 1 is 1.00 bits per heavy atom. The second-order valence-corrected chi connectivity index (χ2v) is 7.46. The van der Waals surface area contributed by atoms with Crippen molar-refractivity contribution in [3.63, 3.8) is 0 Å². The van der Waals surface area contributed by atoms with Crippen LogP contribution >= 0.6 is 23.2 Å². The van der Waals surface area contributed by atoms with Crippen LogP contribution in [0.15, 0.2) is 66.7 Å². The molecule has 1 unspecified atom stereocenters. The van der Waals surface area contributed by atoms with Gasteiger partial charge in [0.1, 0.15) is 6.17 Å². The highest BCUT2D eigenvalue weighted by Gasteiger charge is 2.12. The standard InChI is InChI=1S/C23H20Cl2FNO/c1-15-4-2-3-5-22(15)27-23(28)17-9-6-16(7-10-17)8-13-21(26)18-11-12-19(24)20(25)14-18/h2-7,9-12,14,21H,8,13H2,1H3,(H,27,28). The molecule has 0 heterocycles. The summed E-state index contributed by atoms with van der Waals surface area (Å²) in [5, 5.41) is 3.67. The van der Waals surface area contributed by atoms with E-state index in [1.54, 1.807) is 30.3 Å². The molecule has 0 aromatic heterocycles. The number of anilines is 1. The summed E-state index contributed by atoms with van der Waals surface area (Å²) < 4.78 is 14.5. The predicted octanol–water partition coefficient (Wildman–Crippen LogP) is 7.20. The number of aryl methyl sites for hydroxylation is 2. The molecule has 28 heavy (non-hydrogen) atoms. The minimum Gasteiger partial charge on any atom is -0.322 e. The number of nitrogens with one attached hydrogen (secondary N) is 1. The fourth-order valence-corrected chi connectivity index (χ4v) is 3.20. The highest BCUT2D eigenvalue weighted by Crippen LogP contribution is 2.29. The molecule has 2 nitrogen and oxygen atoms in total. The molecule has 1 amide bonds. The first-order chi connectivity index (χ1) is 13.4. The highest BCUT2D eigenvalue weighted by atomic mass is 35.5. The number of halogens is 3. The number of carbonyl (C=O) groups is 1. The monoisotopic (exact) mass is 415 g/mol. The van der Waals surface area contributed by atoms with E-state index < -0.39 is 6.17 Å². The van der Waals surface area contributed by atoms with Gasteiger partial charge in [0.2, 0.25) is 0 Å². The zero-order chi connectivity index (χ0) is 20.1. The van der Waals surface area contributed by atoms with Gasteiger partial charge in [-0.15, -0.1) is 0 Å². The Kier molecular flexibility index (Phi) is 6.71. The Morgan fingerprint density at radius 3 is 2.39 bits per heavy atom. The number of amides is 1. The van der Waals surface area contributed by atoms with Gasteiger partial charge in [-0.2, -0.15) is 0 Å². The lowest BCUT2D eigenvalue weighted by Gasteiger charge is -2.11. The van der Waals surface area contributed by atoms with Crippen LogP contribution in [0.2, 0.25) is 10.0 Å². The van der Waals surface area contributed by atoms with Gasteiger partial charge in [-0.3, -0.25) is 4.79 Å². The van der Waals surface area contributed by atoms with Gasteiger partial charge in [-0.25, -0.2) is 4.39 Å². The van der Waals surface area contributed by atoms with Crippen LogP contribution in [0, 0.1) is 6.92 Å². The third-order valence-corrected chi connectivity index (χ3v) is 5.34. The van der Waals surface area contributed by atoms with Crippen molar-refractivity contribution in [1.82, 2.24) is 0 Å². The summed E-state index contributed by atoms with van der Waals surface area (Å²) in [5.74, 6) is -0.167. The van der Waals surface area contributed by atoms with E-state index in [4.69, 9.17) is 23.2 Å². The van der Waals surface area contributed by atoms with Crippen molar-refractivity contribution in [2.45, 2.75) is 25.9 Å². The first-order valence-corrected chi connectivity index (χ1v) is 9.74. The molecule has 0 radical (unpaired) electrons. The van der Waals surface area contributed by atoms with Gasteiger partial charge in [0.15, 0.2) is 0 Å². The van der Waals surface area contributed by atoms with Crippen LogP contribution in [0.25, 0.3) is 0 Å². The molecule has 0 saturated carbocycles. The van der Waals surface area contributed by atoms with E-state index >= 15 is 0 Å².